The number of aryl methyl sites for hydroxylation is 2. The molecule has 128 valence electrons. The summed E-state index contributed by atoms with van der Waals surface area (Å²) in [6.07, 6.45) is 0. The SMILES string of the molecule is COc1cc(C)c(S(=O)(=O)Nc2cccc([N+](=O)[O-])c2N)cc1C. The van der Waals surface area contributed by atoms with Gasteiger partial charge in [-0.25, -0.2) is 8.42 Å². The molecule has 0 atom stereocenters. The number of nitrogen functional groups attached to an aromatic ring is 1. The van der Waals surface area contributed by atoms with Gasteiger partial charge in [-0.1, -0.05) is 6.07 Å². The molecule has 0 saturated heterocycles. The monoisotopic (exact) mass is 351 g/mol. The highest BCUT2D eigenvalue weighted by atomic mass is 32.2. The summed E-state index contributed by atoms with van der Waals surface area (Å²) < 4.78 is 32.7. The van der Waals surface area contributed by atoms with Gasteiger partial charge in [-0.2, -0.15) is 0 Å². The Balaban J connectivity index is 2.49. The molecule has 0 spiro atoms. The fraction of sp³-hybridized carbons (Fsp3) is 0.200. The van der Waals surface area contributed by atoms with Gasteiger partial charge in [0.05, 0.1) is 22.6 Å². The number of hydrogen-bond donors (Lipinski definition) is 2. The Labute approximate surface area is 139 Å². The van der Waals surface area contributed by atoms with Gasteiger partial charge in [-0.3, -0.25) is 14.8 Å². The molecule has 8 nitrogen and oxygen atoms in total. The first-order valence-corrected chi connectivity index (χ1v) is 8.36. The minimum atomic E-state index is -3.96. The zero-order chi connectivity index (χ0) is 18.1. The van der Waals surface area contributed by atoms with Crippen molar-refractivity contribution in [3.8, 4) is 5.75 Å². The summed E-state index contributed by atoms with van der Waals surface area (Å²) in [6, 6.07) is 7.02. The first-order valence-electron chi connectivity index (χ1n) is 6.88. The molecule has 2 aromatic rings. The van der Waals surface area contributed by atoms with Gasteiger partial charge in [-0.05, 0) is 43.2 Å². The molecule has 0 amide bonds. The van der Waals surface area contributed by atoms with Crippen LogP contribution in [0.25, 0.3) is 0 Å². The highest BCUT2D eigenvalue weighted by molar-refractivity contribution is 7.92. The van der Waals surface area contributed by atoms with Crippen molar-refractivity contribution in [3.63, 3.8) is 0 Å². The molecule has 24 heavy (non-hydrogen) atoms. The van der Waals surface area contributed by atoms with Crippen LogP contribution in [0.1, 0.15) is 11.1 Å². The molecule has 0 radical (unpaired) electrons. The normalized spacial score (nSPS) is 11.1. The summed E-state index contributed by atoms with van der Waals surface area (Å²) >= 11 is 0. The molecule has 0 saturated carbocycles. The minimum absolute atomic E-state index is 0.0444. The van der Waals surface area contributed by atoms with Gasteiger partial charge in [0.25, 0.3) is 15.7 Å². The van der Waals surface area contributed by atoms with Crippen LogP contribution in [0.3, 0.4) is 0 Å². The molecule has 3 N–H and O–H groups in total. The third kappa shape index (κ3) is 3.25. The lowest BCUT2D eigenvalue weighted by Gasteiger charge is -2.14. The van der Waals surface area contributed by atoms with E-state index in [1.807, 2.05) is 0 Å². The van der Waals surface area contributed by atoms with Crippen LogP contribution in [0, 0.1) is 24.0 Å². The predicted octanol–water partition coefficient (Wildman–Crippen LogP) is 2.60. The molecule has 0 heterocycles. The second kappa shape index (κ2) is 6.36. The van der Waals surface area contributed by atoms with E-state index in [2.05, 4.69) is 4.72 Å². The van der Waals surface area contributed by atoms with Crippen LogP contribution in [-0.2, 0) is 10.0 Å². The average molecular weight is 351 g/mol. The largest absolute Gasteiger partial charge is 0.496 e. The smallest absolute Gasteiger partial charge is 0.294 e. The van der Waals surface area contributed by atoms with Crippen LogP contribution in [0.15, 0.2) is 35.2 Å². The Morgan fingerprint density at radius 1 is 1.21 bits per heavy atom. The fourth-order valence-corrected chi connectivity index (χ4v) is 3.67. The van der Waals surface area contributed by atoms with E-state index < -0.39 is 14.9 Å². The number of anilines is 2. The lowest BCUT2D eigenvalue weighted by atomic mass is 10.1. The number of benzene rings is 2. The predicted molar refractivity (Wildman–Crippen MR) is 90.8 cm³/mol. The van der Waals surface area contributed by atoms with Crippen LogP contribution in [0.5, 0.6) is 5.75 Å². The van der Waals surface area contributed by atoms with Gasteiger partial charge in [0, 0.05) is 6.07 Å². The number of nitrogens with zero attached hydrogens (tertiary/aromatic N) is 1. The minimum Gasteiger partial charge on any atom is -0.496 e. The fourth-order valence-electron chi connectivity index (χ4n) is 2.27. The van der Waals surface area contributed by atoms with Crippen molar-refractivity contribution in [3.05, 3.63) is 51.6 Å². The molecule has 0 aliphatic carbocycles. The van der Waals surface area contributed by atoms with E-state index in [4.69, 9.17) is 10.5 Å². The maximum atomic E-state index is 12.6. The number of methoxy groups -OCH3 is 1. The Hall–Kier alpha value is -2.81. The molecule has 0 fully saturated rings. The van der Waals surface area contributed by atoms with Crippen molar-refractivity contribution in [1.82, 2.24) is 0 Å². The van der Waals surface area contributed by atoms with Crippen LogP contribution in [0.2, 0.25) is 0 Å². The van der Waals surface area contributed by atoms with Gasteiger partial charge in [-0.15, -0.1) is 0 Å². The highest BCUT2D eigenvalue weighted by Gasteiger charge is 2.22. The first-order chi connectivity index (χ1) is 11.2. The van der Waals surface area contributed by atoms with Crippen molar-refractivity contribution in [2.75, 3.05) is 17.6 Å². The Bertz CT molecular complexity index is 910. The summed E-state index contributed by atoms with van der Waals surface area (Å²) in [5.41, 5.74) is 6.17. The number of ether oxygens (including phenoxy) is 1. The van der Waals surface area contributed by atoms with Gasteiger partial charge in [0.15, 0.2) is 0 Å². The summed E-state index contributed by atoms with van der Waals surface area (Å²) in [6.45, 7) is 3.35. The van der Waals surface area contributed by atoms with E-state index in [0.717, 1.165) is 0 Å². The lowest BCUT2D eigenvalue weighted by Crippen LogP contribution is -2.16. The molecule has 0 aliphatic rings. The number of rotatable bonds is 5. The van der Waals surface area contributed by atoms with E-state index in [1.165, 1.54) is 31.4 Å². The van der Waals surface area contributed by atoms with Crippen molar-refractivity contribution in [1.29, 1.82) is 0 Å². The highest BCUT2D eigenvalue weighted by Crippen LogP contribution is 2.32. The summed E-state index contributed by atoms with van der Waals surface area (Å²) in [5, 5.41) is 10.9. The second-order valence-corrected chi connectivity index (χ2v) is 6.84. The van der Waals surface area contributed by atoms with Gasteiger partial charge < -0.3 is 10.5 Å². The van der Waals surface area contributed by atoms with Gasteiger partial charge >= 0.3 is 0 Å². The van der Waals surface area contributed by atoms with Crippen molar-refractivity contribution >= 4 is 27.1 Å². The standard InChI is InChI=1S/C15H17N3O5S/c1-9-8-14(10(2)7-13(9)23-3)24(21,22)17-11-5-4-6-12(15(11)16)18(19)20/h4-8,17H,16H2,1-3H3. The van der Waals surface area contributed by atoms with E-state index in [1.54, 1.807) is 19.9 Å². The number of nitro groups is 1. The summed E-state index contributed by atoms with van der Waals surface area (Å²) in [7, 11) is -2.47. The molecular formula is C15H17N3O5S. The number of nitro benzene ring substituents is 1. The molecular weight excluding hydrogens is 334 g/mol. The number of hydrogen-bond acceptors (Lipinski definition) is 6. The maximum Gasteiger partial charge on any atom is 0.294 e. The number of para-hydroxylation sites is 1. The maximum absolute atomic E-state index is 12.6. The molecule has 0 aromatic heterocycles. The third-order valence-electron chi connectivity index (χ3n) is 3.51. The molecule has 2 aromatic carbocycles. The zero-order valence-electron chi connectivity index (χ0n) is 13.4. The van der Waals surface area contributed by atoms with Crippen LogP contribution in [-0.4, -0.2) is 20.5 Å². The Morgan fingerprint density at radius 2 is 1.88 bits per heavy atom. The molecule has 2 rings (SSSR count). The number of sulfonamides is 1. The van der Waals surface area contributed by atoms with Crippen LogP contribution >= 0.6 is 0 Å². The number of nitrogens with one attached hydrogen (secondary N) is 1. The molecule has 0 aliphatic heterocycles. The summed E-state index contributed by atoms with van der Waals surface area (Å²) in [4.78, 5) is 10.3. The first kappa shape index (κ1) is 17.5. The zero-order valence-corrected chi connectivity index (χ0v) is 14.2. The van der Waals surface area contributed by atoms with E-state index in [0.29, 0.717) is 16.9 Å². The molecule has 0 unspecified atom stereocenters. The van der Waals surface area contributed by atoms with E-state index in [9.17, 15) is 18.5 Å². The number of nitrogens with two attached hydrogens (primary N) is 1. The van der Waals surface area contributed by atoms with Crippen LogP contribution in [0.4, 0.5) is 17.1 Å². The second-order valence-electron chi connectivity index (χ2n) is 5.19. The summed E-state index contributed by atoms with van der Waals surface area (Å²) in [5.74, 6) is 0.571. The molecule has 0 bridgehead atoms. The molecule has 9 heteroatoms. The third-order valence-corrected chi connectivity index (χ3v) is 5.01. The lowest BCUT2D eigenvalue weighted by molar-refractivity contribution is -0.383. The average Bonchev–Trinajstić information content (AvgIpc) is 2.50. The van der Waals surface area contributed by atoms with Crippen molar-refractivity contribution < 1.29 is 18.1 Å². The van der Waals surface area contributed by atoms with Crippen LogP contribution < -0.4 is 15.2 Å². The van der Waals surface area contributed by atoms with Gasteiger partial charge in [0.1, 0.15) is 11.4 Å². The quantitative estimate of drug-likeness (QED) is 0.484. The van der Waals surface area contributed by atoms with Crippen molar-refractivity contribution in [2.24, 2.45) is 0 Å². The van der Waals surface area contributed by atoms with E-state index >= 15 is 0 Å². The van der Waals surface area contributed by atoms with Crippen molar-refractivity contribution in [2.45, 2.75) is 18.7 Å². The van der Waals surface area contributed by atoms with Gasteiger partial charge in [0.2, 0.25) is 0 Å². The topological polar surface area (TPSA) is 125 Å². The van der Waals surface area contributed by atoms with E-state index in [-0.39, 0.29) is 22.0 Å². The Kier molecular flexibility index (Phi) is 4.65. The Morgan fingerprint density at radius 3 is 2.46 bits per heavy atom.